The highest BCUT2D eigenvalue weighted by atomic mass is 32.2. The van der Waals surface area contributed by atoms with Crippen molar-refractivity contribution in [1.82, 2.24) is 0 Å². The van der Waals surface area contributed by atoms with Crippen LogP contribution in [0.25, 0.3) is 11.1 Å². The van der Waals surface area contributed by atoms with E-state index < -0.39 is 0 Å². The summed E-state index contributed by atoms with van der Waals surface area (Å²) >= 11 is 4.58. The highest BCUT2D eigenvalue weighted by Crippen LogP contribution is 2.80. The fourth-order valence-electron chi connectivity index (χ4n) is 11.7. The van der Waals surface area contributed by atoms with Crippen LogP contribution in [0.2, 0.25) is 0 Å². The molecular formula is C30H44S2. The lowest BCUT2D eigenvalue weighted by molar-refractivity contribution is 0.140. The molecule has 1 heterocycles. The van der Waals surface area contributed by atoms with Crippen LogP contribution in [0.15, 0.2) is 0 Å². The molecule has 0 nitrogen and oxygen atoms in total. The van der Waals surface area contributed by atoms with E-state index in [1.54, 1.807) is 7.69 Å². The average molecular weight is 469 g/mol. The Kier molecular flexibility index (Phi) is 3.98. The topological polar surface area (TPSA) is 0 Å². The molecule has 176 valence electrons. The molecule has 0 aliphatic heterocycles. The minimum Gasteiger partial charge on any atom is -0.114 e. The molecule has 1 aromatic rings. The second kappa shape index (κ2) is 6.00. The molecule has 4 bridgehead atoms. The van der Waals surface area contributed by atoms with E-state index in [4.69, 9.17) is 0 Å². The summed E-state index contributed by atoms with van der Waals surface area (Å²) in [5, 5.41) is 0. The van der Waals surface area contributed by atoms with Crippen LogP contribution in [0.4, 0.5) is 0 Å². The molecule has 0 aromatic carbocycles. The van der Waals surface area contributed by atoms with Gasteiger partial charge in [0.25, 0.3) is 0 Å². The van der Waals surface area contributed by atoms with Crippen LogP contribution in [-0.2, 0) is 0 Å². The fourth-order valence-corrected chi connectivity index (χ4v) is 14.9. The zero-order chi connectivity index (χ0) is 22.4. The van der Waals surface area contributed by atoms with Crippen LogP contribution in [-0.4, -0.2) is 0 Å². The Bertz CT molecular complexity index is 994. The van der Waals surface area contributed by atoms with Gasteiger partial charge in [0, 0.05) is 0 Å². The third-order valence-electron chi connectivity index (χ3n) is 13.7. The second-order valence-corrected chi connectivity index (χ2v) is 17.1. The summed E-state index contributed by atoms with van der Waals surface area (Å²) in [5.41, 5.74) is 6.91. The molecule has 6 saturated carbocycles. The van der Waals surface area contributed by atoms with Crippen molar-refractivity contribution >= 4 is 33.8 Å². The zero-order valence-corrected chi connectivity index (χ0v) is 23.1. The molecule has 32 heavy (non-hydrogen) atoms. The van der Waals surface area contributed by atoms with Gasteiger partial charge in [-0.05, 0) is 107 Å². The fraction of sp³-hybridized carbons (Fsp3) is 0.867. The summed E-state index contributed by atoms with van der Waals surface area (Å²) in [6, 6.07) is 0. The van der Waals surface area contributed by atoms with Crippen molar-refractivity contribution in [1.29, 1.82) is 0 Å². The molecular weight excluding hydrogens is 424 g/mol. The molecule has 0 N–H and O–H groups in total. The smallest absolute Gasteiger partial charge is 0.0824 e. The summed E-state index contributed by atoms with van der Waals surface area (Å²) in [5.74, 6) is 1.87. The van der Waals surface area contributed by atoms with Gasteiger partial charge in [-0.2, -0.15) is 0 Å². The van der Waals surface area contributed by atoms with Gasteiger partial charge < -0.3 is 0 Å². The number of rotatable bonds is 0. The largest absolute Gasteiger partial charge is 0.114 e. The lowest BCUT2D eigenvalue weighted by atomic mass is 9.65. The molecule has 0 amide bonds. The number of hydrogen-bond donors (Lipinski definition) is 0. The van der Waals surface area contributed by atoms with E-state index >= 15 is 0 Å². The van der Waals surface area contributed by atoms with Gasteiger partial charge >= 0.3 is 0 Å². The molecule has 2 spiro atoms. The molecule has 6 fully saturated rings. The van der Waals surface area contributed by atoms with E-state index in [1.807, 2.05) is 11.1 Å². The minimum atomic E-state index is 0.441. The zero-order valence-electron chi connectivity index (χ0n) is 21.5. The van der Waals surface area contributed by atoms with E-state index in [2.05, 4.69) is 64.2 Å². The van der Waals surface area contributed by atoms with Crippen molar-refractivity contribution in [2.24, 2.45) is 44.3 Å². The molecule has 0 unspecified atom stereocenters. The predicted octanol–water partition coefficient (Wildman–Crippen LogP) is 8.14. The van der Waals surface area contributed by atoms with Crippen molar-refractivity contribution in [3.05, 3.63) is 7.69 Å². The van der Waals surface area contributed by atoms with Gasteiger partial charge in [0.15, 0.2) is 0 Å². The monoisotopic (exact) mass is 468 g/mol. The van der Waals surface area contributed by atoms with Gasteiger partial charge in [-0.3, -0.25) is 0 Å². The van der Waals surface area contributed by atoms with E-state index in [-0.39, 0.29) is 0 Å². The van der Waals surface area contributed by atoms with Crippen molar-refractivity contribution in [3.63, 3.8) is 0 Å². The van der Waals surface area contributed by atoms with Gasteiger partial charge in [0.2, 0.25) is 0 Å². The van der Waals surface area contributed by atoms with Crippen LogP contribution in [0.5, 0.6) is 0 Å². The lowest BCUT2D eigenvalue weighted by Gasteiger charge is -2.41. The maximum absolute atomic E-state index is 2.68. The third-order valence-corrected chi connectivity index (χ3v) is 16.2. The summed E-state index contributed by atoms with van der Waals surface area (Å²) in [4.78, 5) is 0. The normalized spacial score (nSPS) is 44.2. The van der Waals surface area contributed by atoms with Crippen molar-refractivity contribution in [3.8, 4) is 0 Å². The van der Waals surface area contributed by atoms with Gasteiger partial charge in [-0.1, -0.05) is 67.2 Å². The van der Waals surface area contributed by atoms with Gasteiger partial charge in [0.05, 0.1) is 7.69 Å². The summed E-state index contributed by atoms with van der Waals surface area (Å²) < 4.78 is 3.56. The van der Waals surface area contributed by atoms with E-state index in [9.17, 15) is 0 Å². The Morgan fingerprint density at radius 2 is 0.875 bits per heavy atom. The molecule has 1 aromatic heterocycles. The molecule has 6 aliphatic rings. The average Bonchev–Trinajstić information content (AvgIpc) is 3.47. The Labute approximate surface area is 204 Å². The van der Waals surface area contributed by atoms with Gasteiger partial charge in [-0.15, -0.1) is 22.7 Å². The van der Waals surface area contributed by atoms with E-state index in [0.717, 1.165) is 11.8 Å². The van der Waals surface area contributed by atoms with Gasteiger partial charge in [-0.25, -0.2) is 0 Å². The van der Waals surface area contributed by atoms with Crippen molar-refractivity contribution in [2.75, 3.05) is 0 Å². The van der Waals surface area contributed by atoms with Gasteiger partial charge in [0.1, 0.15) is 0 Å². The summed E-state index contributed by atoms with van der Waals surface area (Å²) in [7, 11) is 0. The van der Waals surface area contributed by atoms with E-state index in [0.29, 0.717) is 32.5 Å². The standard InChI is InChI=1S/C30H44S2/c1-25(2)19-11-17-27(25,5)21(29(19)13-7-8-14-29)23-31-24(32-23)22-28(6)18-12-20(26(28,3)4)30(22)15-9-10-16-30/h19-20H,7-18H2,1-6H3/t19-,20-,27-,28-/m0/s1. The Hall–Kier alpha value is -0.0800. The first-order chi connectivity index (χ1) is 15.0. The predicted molar refractivity (Wildman–Crippen MR) is 139 cm³/mol. The van der Waals surface area contributed by atoms with Crippen LogP contribution in [0.1, 0.15) is 119 Å². The maximum Gasteiger partial charge on any atom is 0.0824 e. The Morgan fingerprint density at radius 3 is 1.22 bits per heavy atom. The van der Waals surface area contributed by atoms with Crippen molar-refractivity contribution in [2.45, 2.75) is 119 Å². The number of fused-ring (bicyclic) bond motifs is 6. The molecule has 0 saturated heterocycles. The molecule has 4 atom stereocenters. The first kappa shape index (κ1) is 21.2. The SMILES string of the molecule is CC1(C)[C@@H]2CC[C@@]1(C)C(=c1sc(=C3C4(CCCC4)[C@H]4CC[C@]3(C)C4(C)C)s1)C21CCCC1. The van der Waals surface area contributed by atoms with Crippen LogP contribution >= 0.6 is 22.7 Å². The van der Waals surface area contributed by atoms with Crippen LogP contribution in [0, 0.1) is 44.3 Å². The third kappa shape index (κ3) is 2.00. The Morgan fingerprint density at radius 1 is 0.531 bits per heavy atom. The van der Waals surface area contributed by atoms with Crippen molar-refractivity contribution < 1.29 is 0 Å². The first-order valence-corrected chi connectivity index (χ1v) is 15.5. The summed E-state index contributed by atoms with van der Waals surface area (Å²) in [6.07, 6.45) is 17.7. The first-order valence-electron chi connectivity index (χ1n) is 13.9. The summed E-state index contributed by atoms with van der Waals surface area (Å²) in [6.45, 7) is 15.9. The molecule has 6 aliphatic carbocycles. The minimum absolute atomic E-state index is 0.441. The highest BCUT2D eigenvalue weighted by Gasteiger charge is 2.72. The van der Waals surface area contributed by atoms with E-state index in [1.165, 1.54) is 77.0 Å². The van der Waals surface area contributed by atoms with Crippen LogP contribution < -0.4 is 7.69 Å². The number of hydrogen-bond acceptors (Lipinski definition) is 2. The van der Waals surface area contributed by atoms with Crippen LogP contribution in [0.3, 0.4) is 0 Å². The molecule has 7 rings (SSSR count). The molecule has 2 heteroatoms. The maximum atomic E-state index is 2.68. The highest BCUT2D eigenvalue weighted by molar-refractivity contribution is 7.36. The molecule has 0 radical (unpaired) electrons. The second-order valence-electron chi connectivity index (χ2n) is 14.5. The quantitative estimate of drug-likeness (QED) is 0.360. The Balaban J connectivity index is 1.47. The lowest BCUT2D eigenvalue weighted by Crippen LogP contribution is -2.37.